The molecule has 2 atom stereocenters. The summed E-state index contributed by atoms with van der Waals surface area (Å²) >= 11 is 1.73. The molecule has 2 unspecified atom stereocenters. The van der Waals surface area contributed by atoms with E-state index in [1.165, 1.54) is 23.8 Å². The van der Waals surface area contributed by atoms with Gasteiger partial charge in [0, 0.05) is 17.5 Å². The Balaban J connectivity index is 1.51. The van der Waals surface area contributed by atoms with Crippen LogP contribution in [0.15, 0.2) is 53.9 Å². The van der Waals surface area contributed by atoms with Crippen LogP contribution in [-0.4, -0.2) is 42.4 Å². The Morgan fingerprint density at radius 3 is 2.57 bits per heavy atom. The van der Waals surface area contributed by atoms with Crippen LogP contribution in [0.5, 0.6) is 0 Å². The minimum Gasteiger partial charge on any atom is -0.352 e. The molecule has 1 fully saturated rings. The van der Waals surface area contributed by atoms with E-state index in [9.17, 15) is 9.59 Å². The number of hydrogen-bond donors (Lipinski definition) is 2. The van der Waals surface area contributed by atoms with Gasteiger partial charge in [-0.25, -0.2) is 0 Å². The number of carbonyl (C=O) groups is 2. The summed E-state index contributed by atoms with van der Waals surface area (Å²) in [5.74, 6) is 0.323. The van der Waals surface area contributed by atoms with Gasteiger partial charge in [-0.3, -0.25) is 14.5 Å². The molecule has 30 heavy (non-hydrogen) atoms. The molecule has 1 saturated heterocycles. The minimum atomic E-state index is -0.594. The van der Waals surface area contributed by atoms with E-state index < -0.39 is 6.04 Å². The summed E-state index contributed by atoms with van der Waals surface area (Å²) < 4.78 is 0. The third kappa shape index (κ3) is 6.54. The summed E-state index contributed by atoms with van der Waals surface area (Å²) in [6.07, 6.45) is 5.58. The molecule has 3 rings (SSSR count). The van der Waals surface area contributed by atoms with Gasteiger partial charge < -0.3 is 10.6 Å². The highest BCUT2D eigenvalue weighted by Crippen LogP contribution is 2.29. The highest BCUT2D eigenvalue weighted by Gasteiger charge is 2.26. The molecular formula is C24H31N3O2S. The average Bonchev–Trinajstić information content (AvgIpc) is 3.29. The van der Waals surface area contributed by atoms with Crippen molar-refractivity contribution in [2.24, 2.45) is 5.92 Å². The third-order valence-corrected chi connectivity index (χ3v) is 6.55. The van der Waals surface area contributed by atoms with Crippen molar-refractivity contribution in [2.75, 3.05) is 19.6 Å². The molecule has 0 saturated carbocycles. The molecule has 0 aliphatic carbocycles. The van der Waals surface area contributed by atoms with E-state index in [-0.39, 0.29) is 17.9 Å². The average molecular weight is 426 g/mol. The van der Waals surface area contributed by atoms with Gasteiger partial charge in [-0.2, -0.15) is 0 Å². The second kappa shape index (κ2) is 11.1. The van der Waals surface area contributed by atoms with Gasteiger partial charge in [0.25, 0.3) is 0 Å². The maximum Gasteiger partial charge on any atom is 0.244 e. The molecule has 2 amide bonds. The van der Waals surface area contributed by atoms with Crippen molar-refractivity contribution in [3.05, 3.63) is 64.4 Å². The quantitative estimate of drug-likeness (QED) is 0.632. The third-order valence-electron chi connectivity index (χ3n) is 5.58. The fourth-order valence-electron chi connectivity index (χ4n) is 3.64. The molecule has 5 nitrogen and oxygen atoms in total. The minimum absolute atomic E-state index is 0.164. The molecular weight excluding hydrogens is 394 g/mol. The maximum absolute atomic E-state index is 12.6. The lowest BCUT2D eigenvalue weighted by Gasteiger charge is -2.36. The van der Waals surface area contributed by atoms with Crippen LogP contribution in [0.2, 0.25) is 0 Å². The summed E-state index contributed by atoms with van der Waals surface area (Å²) in [4.78, 5) is 28.5. The Kier molecular flexibility index (Phi) is 8.22. The van der Waals surface area contributed by atoms with Gasteiger partial charge >= 0.3 is 0 Å². The Bertz CT molecular complexity index is 827. The summed E-state index contributed by atoms with van der Waals surface area (Å²) in [6, 6.07) is 13.4. The molecule has 1 aliphatic heterocycles. The first kappa shape index (κ1) is 22.2. The van der Waals surface area contributed by atoms with Gasteiger partial charge in [0.05, 0.1) is 6.04 Å². The van der Waals surface area contributed by atoms with Gasteiger partial charge in [-0.05, 0) is 61.9 Å². The second-order valence-corrected chi connectivity index (χ2v) is 8.95. The van der Waals surface area contributed by atoms with Crippen molar-refractivity contribution >= 4 is 29.2 Å². The van der Waals surface area contributed by atoms with Gasteiger partial charge in [0.15, 0.2) is 0 Å². The van der Waals surface area contributed by atoms with Crippen LogP contribution in [0.4, 0.5) is 0 Å². The highest BCUT2D eigenvalue weighted by molar-refractivity contribution is 7.10. The number of rotatable bonds is 8. The van der Waals surface area contributed by atoms with E-state index >= 15 is 0 Å². The normalized spacial score (nSPS) is 17.5. The number of nitrogens with one attached hydrogen (secondary N) is 2. The van der Waals surface area contributed by atoms with Crippen LogP contribution in [0.3, 0.4) is 0 Å². The zero-order valence-corrected chi connectivity index (χ0v) is 18.5. The largest absolute Gasteiger partial charge is 0.352 e. The standard InChI is InChI=1S/C24H31N3O2S/c1-18-12-14-27(15-13-18)21(22-9-6-16-30-22)17-25-24(29)19(2)26-23(28)11-10-20-7-4-3-5-8-20/h3-11,16,18-19,21H,12-15,17H2,1-2H3,(H,25,29)(H,26,28)/b11-10+. The summed E-state index contributed by atoms with van der Waals surface area (Å²) in [5.41, 5.74) is 0.944. The summed E-state index contributed by atoms with van der Waals surface area (Å²) in [5, 5.41) is 7.87. The van der Waals surface area contributed by atoms with E-state index in [4.69, 9.17) is 0 Å². The molecule has 1 aromatic heterocycles. The first-order valence-corrected chi connectivity index (χ1v) is 11.5. The monoisotopic (exact) mass is 425 g/mol. The Morgan fingerprint density at radius 2 is 1.90 bits per heavy atom. The molecule has 160 valence electrons. The number of nitrogens with zero attached hydrogens (tertiary/aromatic N) is 1. The van der Waals surface area contributed by atoms with E-state index in [1.807, 2.05) is 30.3 Å². The van der Waals surface area contributed by atoms with Crippen LogP contribution in [0, 0.1) is 5.92 Å². The van der Waals surface area contributed by atoms with Crippen molar-refractivity contribution in [1.82, 2.24) is 15.5 Å². The van der Waals surface area contributed by atoms with Gasteiger partial charge in [-0.1, -0.05) is 43.3 Å². The maximum atomic E-state index is 12.6. The van der Waals surface area contributed by atoms with Crippen molar-refractivity contribution in [3.63, 3.8) is 0 Å². The van der Waals surface area contributed by atoms with Crippen LogP contribution >= 0.6 is 11.3 Å². The van der Waals surface area contributed by atoms with Crippen LogP contribution in [-0.2, 0) is 9.59 Å². The molecule has 0 spiro atoms. The van der Waals surface area contributed by atoms with E-state index in [0.29, 0.717) is 6.54 Å². The molecule has 1 aromatic carbocycles. The Hall–Kier alpha value is -2.44. The fraction of sp³-hybridized carbons (Fsp3) is 0.417. The van der Waals surface area contributed by atoms with Crippen LogP contribution in [0.1, 0.15) is 43.2 Å². The highest BCUT2D eigenvalue weighted by atomic mass is 32.1. The number of benzene rings is 1. The fourth-order valence-corrected chi connectivity index (χ4v) is 4.51. The Morgan fingerprint density at radius 1 is 1.17 bits per heavy atom. The van der Waals surface area contributed by atoms with Gasteiger partial charge in [0.1, 0.15) is 6.04 Å². The predicted molar refractivity (Wildman–Crippen MR) is 123 cm³/mol. The number of amides is 2. The van der Waals surface area contributed by atoms with Crippen molar-refractivity contribution < 1.29 is 9.59 Å². The molecule has 0 bridgehead atoms. The molecule has 6 heteroatoms. The molecule has 0 radical (unpaired) electrons. The smallest absolute Gasteiger partial charge is 0.244 e. The lowest BCUT2D eigenvalue weighted by Crippen LogP contribution is -2.47. The van der Waals surface area contributed by atoms with Crippen LogP contribution in [0.25, 0.3) is 6.08 Å². The zero-order chi connectivity index (χ0) is 21.3. The first-order valence-electron chi connectivity index (χ1n) is 10.6. The lowest BCUT2D eigenvalue weighted by atomic mass is 9.97. The molecule has 2 aromatic rings. The topological polar surface area (TPSA) is 61.4 Å². The lowest BCUT2D eigenvalue weighted by molar-refractivity contribution is -0.126. The van der Waals surface area contributed by atoms with E-state index in [2.05, 4.69) is 40.0 Å². The summed E-state index contributed by atoms with van der Waals surface area (Å²) in [6.45, 7) is 6.67. The SMILES string of the molecule is CC1CCN(C(CNC(=O)C(C)NC(=O)/C=C/c2ccccc2)c2cccs2)CC1. The number of thiophene rings is 1. The number of likely N-dealkylation sites (tertiary alicyclic amines) is 1. The van der Waals surface area contributed by atoms with Crippen molar-refractivity contribution in [2.45, 2.75) is 38.8 Å². The molecule has 1 aliphatic rings. The van der Waals surface area contributed by atoms with Crippen molar-refractivity contribution in [3.8, 4) is 0 Å². The zero-order valence-electron chi connectivity index (χ0n) is 17.7. The summed E-state index contributed by atoms with van der Waals surface area (Å²) in [7, 11) is 0. The van der Waals surface area contributed by atoms with Crippen LogP contribution < -0.4 is 10.6 Å². The van der Waals surface area contributed by atoms with E-state index in [0.717, 1.165) is 24.6 Å². The molecule has 2 N–H and O–H groups in total. The predicted octanol–water partition coefficient (Wildman–Crippen LogP) is 3.86. The van der Waals surface area contributed by atoms with Gasteiger partial charge in [0.2, 0.25) is 11.8 Å². The number of hydrogen-bond acceptors (Lipinski definition) is 4. The Labute approximate surface area is 183 Å². The second-order valence-electron chi connectivity index (χ2n) is 7.97. The number of piperidine rings is 1. The van der Waals surface area contributed by atoms with E-state index in [1.54, 1.807) is 24.3 Å². The van der Waals surface area contributed by atoms with Crippen molar-refractivity contribution in [1.29, 1.82) is 0 Å². The first-order chi connectivity index (χ1) is 14.5. The molecule has 2 heterocycles. The van der Waals surface area contributed by atoms with Gasteiger partial charge in [-0.15, -0.1) is 11.3 Å². The number of carbonyl (C=O) groups excluding carboxylic acids is 2.